The Balaban J connectivity index is 1.92. The van der Waals surface area contributed by atoms with Gasteiger partial charge >= 0.3 is 0 Å². The van der Waals surface area contributed by atoms with E-state index in [1.165, 1.54) is 12.1 Å². The minimum atomic E-state index is 0.551. The molecule has 1 saturated heterocycles. The number of hydrogen-bond donors (Lipinski definition) is 1. The van der Waals surface area contributed by atoms with Crippen molar-refractivity contribution in [2.75, 3.05) is 19.6 Å². The Morgan fingerprint density at radius 2 is 2.05 bits per heavy atom. The molecular formula is C17H32N4. The Bertz CT molecular complexity index is 411. The summed E-state index contributed by atoms with van der Waals surface area (Å²) in [5, 5.41) is 8.45. The maximum atomic E-state index is 4.79. The zero-order valence-electron chi connectivity index (χ0n) is 14.2. The average Bonchev–Trinajstić information content (AvgIpc) is 2.96. The highest BCUT2D eigenvalue weighted by Gasteiger charge is 2.23. The number of piperazine rings is 1. The molecular weight excluding hydrogens is 260 g/mol. The zero-order chi connectivity index (χ0) is 15.2. The third-order valence-corrected chi connectivity index (χ3v) is 4.99. The minimum Gasteiger partial charge on any atom is -0.311 e. The lowest BCUT2D eigenvalue weighted by Gasteiger charge is -2.36. The molecule has 2 rings (SSSR count). The fourth-order valence-electron chi connectivity index (χ4n) is 3.21. The van der Waals surface area contributed by atoms with Crippen LogP contribution in [0.3, 0.4) is 0 Å². The highest BCUT2D eigenvalue weighted by atomic mass is 15.3. The maximum absolute atomic E-state index is 4.79. The lowest BCUT2D eigenvalue weighted by atomic mass is 9.97. The molecule has 0 spiro atoms. The van der Waals surface area contributed by atoms with Crippen LogP contribution >= 0.6 is 0 Å². The van der Waals surface area contributed by atoms with Gasteiger partial charge in [-0.05, 0) is 24.8 Å². The van der Waals surface area contributed by atoms with E-state index in [2.05, 4.69) is 54.9 Å². The first-order valence-electron chi connectivity index (χ1n) is 8.67. The lowest BCUT2D eigenvalue weighted by molar-refractivity contribution is 0.160. The lowest BCUT2D eigenvalue weighted by Crippen LogP contribution is -2.52. The standard InChI is InChI=1S/C17H32N4/c1-5-14(4)17-13-20(11-9-18-17)12-15-8-10-21(19-15)16(6-2)7-3/h8,10,14,16-18H,5-7,9,11-13H2,1-4H3. The third-order valence-electron chi connectivity index (χ3n) is 4.99. The molecule has 1 aliphatic rings. The van der Waals surface area contributed by atoms with Gasteiger partial charge in [-0.25, -0.2) is 0 Å². The van der Waals surface area contributed by atoms with Crippen molar-refractivity contribution in [3.05, 3.63) is 18.0 Å². The van der Waals surface area contributed by atoms with E-state index in [1.807, 2.05) is 0 Å². The molecule has 4 nitrogen and oxygen atoms in total. The molecule has 1 aromatic rings. The van der Waals surface area contributed by atoms with Gasteiger partial charge in [0.1, 0.15) is 0 Å². The van der Waals surface area contributed by atoms with Crippen LogP contribution < -0.4 is 5.32 Å². The van der Waals surface area contributed by atoms with E-state index in [0.717, 1.165) is 44.9 Å². The van der Waals surface area contributed by atoms with Gasteiger partial charge in [-0.3, -0.25) is 9.58 Å². The Morgan fingerprint density at radius 1 is 1.29 bits per heavy atom. The summed E-state index contributed by atoms with van der Waals surface area (Å²) in [6, 6.07) is 3.37. The topological polar surface area (TPSA) is 33.1 Å². The molecule has 21 heavy (non-hydrogen) atoms. The molecule has 0 aliphatic carbocycles. The molecule has 2 heterocycles. The van der Waals surface area contributed by atoms with Gasteiger partial charge in [0.2, 0.25) is 0 Å². The van der Waals surface area contributed by atoms with E-state index in [1.54, 1.807) is 0 Å². The van der Waals surface area contributed by atoms with Crippen molar-refractivity contribution in [2.45, 2.75) is 65.6 Å². The molecule has 120 valence electrons. The predicted molar refractivity (Wildman–Crippen MR) is 88.4 cm³/mol. The van der Waals surface area contributed by atoms with Crippen LogP contribution in [0.5, 0.6) is 0 Å². The second-order valence-electron chi connectivity index (χ2n) is 6.44. The van der Waals surface area contributed by atoms with Crippen LogP contribution in [-0.2, 0) is 6.54 Å². The normalized spacial score (nSPS) is 21.9. The van der Waals surface area contributed by atoms with Gasteiger partial charge in [-0.2, -0.15) is 5.10 Å². The third kappa shape index (κ3) is 4.30. The number of rotatable bonds is 7. The van der Waals surface area contributed by atoms with E-state index in [4.69, 9.17) is 5.10 Å². The van der Waals surface area contributed by atoms with Crippen LogP contribution in [0, 0.1) is 5.92 Å². The van der Waals surface area contributed by atoms with Crippen LogP contribution in [-0.4, -0.2) is 40.4 Å². The number of hydrogen-bond acceptors (Lipinski definition) is 3. The predicted octanol–water partition coefficient (Wildman–Crippen LogP) is 3.06. The van der Waals surface area contributed by atoms with Gasteiger partial charge in [0, 0.05) is 38.4 Å². The fourth-order valence-corrected chi connectivity index (χ4v) is 3.21. The summed E-state index contributed by atoms with van der Waals surface area (Å²) in [5.74, 6) is 0.745. The smallest absolute Gasteiger partial charge is 0.0764 e. The molecule has 0 saturated carbocycles. The molecule has 4 heteroatoms. The van der Waals surface area contributed by atoms with Gasteiger partial charge in [0.25, 0.3) is 0 Å². The Morgan fingerprint density at radius 3 is 2.71 bits per heavy atom. The summed E-state index contributed by atoms with van der Waals surface area (Å²) in [7, 11) is 0. The summed E-state index contributed by atoms with van der Waals surface area (Å²) in [6.07, 6.45) is 5.71. The second kappa shape index (κ2) is 7.95. The Kier molecular flexibility index (Phi) is 6.24. The highest BCUT2D eigenvalue weighted by molar-refractivity contribution is 5.00. The zero-order valence-corrected chi connectivity index (χ0v) is 14.2. The first-order chi connectivity index (χ1) is 10.2. The first kappa shape index (κ1) is 16.5. The fraction of sp³-hybridized carbons (Fsp3) is 0.824. The molecule has 1 fully saturated rings. The van der Waals surface area contributed by atoms with E-state index >= 15 is 0 Å². The van der Waals surface area contributed by atoms with Gasteiger partial charge in [0.15, 0.2) is 0 Å². The van der Waals surface area contributed by atoms with Crippen molar-refractivity contribution in [1.29, 1.82) is 0 Å². The summed E-state index contributed by atoms with van der Waals surface area (Å²) < 4.78 is 2.16. The van der Waals surface area contributed by atoms with Crippen molar-refractivity contribution >= 4 is 0 Å². The van der Waals surface area contributed by atoms with Gasteiger partial charge in [-0.15, -0.1) is 0 Å². The van der Waals surface area contributed by atoms with Crippen molar-refractivity contribution < 1.29 is 0 Å². The molecule has 1 N–H and O–H groups in total. The van der Waals surface area contributed by atoms with Crippen LogP contribution in [0.25, 0.3) is 0 Å². The van der Waals surface area contributed by atoms with E-state index in [9.17, 15) is 0 Å². The van der Waals surface area contributed by atoms with Gasteiger partial charge < -0.3 is 5.32 Å². The molecule has 0 amide bonds. The Labute approximate surface area is 129 Å². The summed E-state index contributed by atoms with van der Waals surface area (Å²) in [5.41, 5.74) is 1.21. The van der Waals surface area contributed by atoms with E-state index in [-0.39, 0.29) is 0 Å². The molecule has 0 radical (unpaired) electrons. The highest BCUT2D eigenvalue weighted by Crippen LogP contribution is 2.17. The summed E-state index contributed by atoms with van der Waals surface area (Å²) in [6.45, 7) is 13.5. The van der Waals surface area contributed by atoms with Crippen LogP contribution in [0.4, 0.5) is 0 Å². The van der Waals surface area contributed by atoms with Gasteiger partial charge in [0.05, 0.1) is 11.7 Å². The van der Waals surface area contributed by atoms with Crippen molar-refractivity contribution in [3.8, 4) is 0 Å². The second-order valence-corrected chi connectivity index (χ2v) is 6.44. The van der Waals surface area contributed by atoms with Crippen molar-refractivity contribution in [2.24, 2.45) is 5.92 Å². The SMILES string of the molecule is CCC(C)C1CN(Cc2ccn(C(CC)CC)n2)CCN1. The largest absolute Gasteiger partial charge is 0.311 e. The first-order valence-corrected chi connectivity index (χ1v) is 8.67. The van der Waals surface area contributed by atoms with E-state index in [0.29, 0.717) is 12.1 Å². The maximum Gasteiger partial charge on any atom is 0.0764 e. The summed E-state index contributed by atoms with van der Waals surface area (Å²) in [4.78, 5) is 2.55. The van der Waals surface area contributed by atoms with Gasteiger partial charge in [-0.1, -0.05) is 34.1 Å². The minimum absolute atomic E-state index is 0.551. The quantitative estimate of drug-likeness (QED) is 0.838. The molecule has 2 unspecified atom stereocenters. The molecule has 0 bridgehead atoms. The Hall–Kier alpha value is -0.870. The average molecular weight is 292 g/mol. The number of nitrogens with zero attached hydrogens (tertiary/aromatic N) is 3. The molecule has 1 aliphatic heterocycles. The number of aromatic nitrogens is 2. The van der Waals surface area contributed by atoms with Crippen molar-refractivity contribution in [1.82, 2.24) is 20.0 Å². The van der Waals surface area contributed by atoms with Crippen LogP contribution in [0.2, 0.25) is 0 Å². The van der Waals surface area contributed by atoms with Crippen LogP contribution in [0.15, 0.2) is 12.3 Å². The molecule has 2 atom stereocenters. The van der Waals surface area contributed by atoms with E-state index < -0.39 is 0 Å². The molecule has 0 aromatic carbocycles. The van der Waals surface area contributed by atoms with Crippen LogP contribution in [0.1, 0.15) is 58.7 Å². The monoisotopic (exact) mass is 292 g/mol. The summed E-state index contributed by atoms with van der Waals surface area (Å²) >= 11 is 0. The molecule has 1 aromatic heterocycles. The van der Waals surface area contributed by atoms with Crippen molar-refractivity contribution in [3.63, 3.8) is 0 Å². The number of nitrogens with one attached hydrogen (secondary N) is 1.